The Kier molecular flexibility index (Phi) is 6.21. The molecule has 0 amide bonds. The number of carbonyl (C=O) groups excluding carboxylic acids is 2. The van der Waals surface area contributed by atoms with E-state index in [0.29, 0.717) is 48.7 Å². The minimum absolute atomic E-state index is 0.118. The number of ether oxygens (including phenoxy) is 1. The predicted molar refractivity (Wildman–Crippen MR) is 134 cm³/mol. The number of allylic oxidation sites excluding steroid dienone is 1. The SMILES string of the molecule is C#C[C@]1(OC(=O)CCc2ccccc2C)CCC2C3CCC4=CC(=O)CCC4C3CC[C@@]21CC. The maximum atomic E-state index is 13.1. The van der Waals surface area contributed by atoms with Gasteiger partial charge in [0.2, 0.25) is 0 Å². The Balaban J connectivity index is 1.35. The maximum Gasteiger partial charge on any atom is 0.307 e. The number of rotatable bonds is 5. The van der Waals surface area contributed by atoms with Crippen molar-refractivity contribution < 1.29 is 14.3 Å². The molecular weight excluding hydrogens is 420 g/mol. The second kappa shape index (κ2) is 9.03. The van der Waals surface area contributed by atoms with Gasteiger partial charge in [0.1, 0.15) is 0 Å². The van der Waals surface area contributed by atoms with Gasteiger partial charge in [0.25, 0.3) is 0 Å². The Labute approximate surface area is 204 Å². The van der Waals surface area contributed by atoms with Gasteiger partial charge in [0, 0.05) is 18.3 Å². The van der Waals surface area contributed by atoms with Gasteiger partial charge in [-0.1, -0.05) is 42.7 Å². The summed E-state index contributed by atoms with van der Waals surface area (Å²) in [5, 5.41) is 0. The van der Waals surface area contributed by atoms with Crippen LogP contribution in [0.1, 0.15) is 82.3 Å². The number of terminal acetylenes is 1. The third kappa shape index (κ3) is 3.65. The van der Waals surface area contributed by atoms with Crippen LogP contribution in [0.4, 0.5) is 0 Å². The lowest BCUT2D eigenvalue weighted by atomic mass is 9.49. The van der Waals surface area contributed by atoms with E-state index in [-0.39, 0.29) is 11.4 Å². The Morgan fingerprint density at radius 1 is 1.12 bits per heavy atom. The Bertz CT molecular complexity index is 1050. The number of hydrogen-bond acceptors (Lipinski definition) is 3. The minimum Gasteiger partial charge on any atom is -0.445 e. The summed E-state index contributed by atoms with van der Waals surface area (Å²) in [5.41, 5.74) is 2.92. The van der Waals surface area contributed by atoms with Gasteiger partial charge in [-0.2, -0.15) is 0 Å². The van der Waals surface area contributed by atoms with Gasteiger partial charge in [0.05, 0.1) is 0 Å². The molecule has 4 aliphatic rings. The molecule has 3 nitrogen and oxygen atoms in total. The average molecular weight is 459 g/mol. The highest BCUT2D eigenvalue weighted by Gasteiger charge is 2.65. The molecule has 0 bridgehead atoms. The number of fused-ring (bicyclic) bond motifs is 5. The van der Waals surface area contributed by atoms with Crippen molar-refractivity contribution in [1.29, 1.82) is 0 Å². The smallest absolute Gasteiger partial charge is 0.307 e. The van der Waals surface area contributed by atoms with Gasteiger partial charge in [-0.05, 0) is 106 Å². The molecule has 0 N–H and O–H groups in total. The van der Waals surface area contributed by atoms with E-state index in [1.54, 1.807) is 0 Å². The predicted octanol–water partition coefficient (Wildman–Crippen LogP) is 6.37. The standard InChI is InChI=1S/C31H38O3/c1-4-30-18-16-26-25-14-12-24(32)20-23(25)10-13-27(26)28(30)17-19-31(30,5-2)34-29(33)15-11-22-9-7-6-8-21(22)3/h2,6-9,20,25-28H,4,10-19H2,1,3H3/t25?,26?,27?,28?,30-,31-/m0/s1. The molecule has 1 aromatic carbocycles. The highest BCUT2D eigenvalue weighted by atomic mass is 16.6. The molecule has 6 atom stereocenters. The molecule has 4 aliphatic carbocycles. The Hall–Kier alpha value is -2.34. The summed E-state index contributed by atoms with van der Waals surface area (Å²) in [6, 6.07) is 8.22. The lowest BCUT2D eigenvalue weighted by Gasteiger charge is -2.56. The number of aryl methyl sites for hydroxylation is 2. The molecular formula is C31H38O3. The largest absolute Gasteiger partial charge is 0.445 e. The first-order chi connectivity index (χ1) is 16.4. The topological polar surface area (TPSA) is 43.4 Å². The minimum atomic E-state index is -0.779. The third-order valence-corrected chi connectivity index (χ3v) is 10.1. The quantitative estimate of drug-likeness (QED) is 0.380. The van der Waals surface area contributed by atoms with Crippen LogP contribution >= 0.6 is 0 Å². The molecule has 0 aromatic heterocycles. The zero-order chi connectivity index (χ0) is 23.9. The van der Waals surface area contributed by atoms with E-state index in [4.69, 9.17) is 11.2 Å². The first-order valence-electron chi connectivity index (χ1n) is 13.4. The molecule has 0 aliphatic heterocycles. The van der Waals surface area contributed by atoms with Crippen molar-refractivity contribution in [3.63, 3.8) is 0 Å². The molecule has 34 heavy (non-hydrogen) atoms. The highest BCUT2D eigenvalue weighted by Crippen LogP contribution is 2.67. The van der Waals surface area contributed by atoms with E-state index in [2.05, 4.69) is 31.9 Å². The lowest BCUT2D eigenvalue weighted by molar-refractivity contribution is -0.173. The van der Waals surface area contributed by atoms with Crippen molar-refractivity contribution in [2.45, 2.75) is 90.1 Å². The Morgan fingerprint density at radius 3 is 2.71 bits per heavy atom. The highest BCUT2D eigenvalue weighted by molar-refractivity contribution is 5.91. The molecule has 4 unspecified atom stereocenters. The van der Waals surface area contributed by atoms with Crippen LogP contribution in [-0.2, 0) is 20.7 Å². The lowest BCUT2D eigenvalue weighted by Crippen LogP contribution is -2.55. The summed E-state index contributed by atoms with van der Waals surface area (Å²) in [6.45, 7) is 4.34. The van der Waals surface area contributed by atoms with Crippen molar-refractivity contribution in [2.75, 3.05) is 0 Å². The van der Waals surface area contributed by atoms with Crippen LogP contribution < -0.4 is 0 Å². The molecule has 3 fully saturated rings. The summed E-state index contributed by atoms with van der Waals surface area (Å²) < 4.78 is 6.34. The normalized spacial score (nSPS) is 36.5. The van der Waals surface area contributed by atoms with Crippen molar-refractivity contribution in [2.24, 2.45) is 29.1 Å². The van der Waals surface area contributed by atoms with Crippen molar-refractivity contribution in [3.05, 3.63) is 47.0 Å². The van der Waals surface area contributed by atoms with E-state index in [9.17, 15) is 9.59 Å². The summed E-state index contributed by atoms with van der Waals surface area (Å²) in [6.07, 6.45) is 18.1. The molecule has 0 heterocycles. The number of hydrogen-bond donors (Lipinski definition) is 0. The zero-order valence-electron chi connectivity index (χ0n) is 20.8. The van der Waals surface area contributed by atoms with Crippen LogP contribution in [0, 0.1) is 48.4 Å². The van der Waals surface area contributed by atoms with E-state index < -0.39 is 5.60 Å². The van der Waals surface area contributed by atoms with Gasteiger partial charge in [0.15, 0.2) is 11.4 Å². The molecule has 180 valence electrons. The third-order valence-electron chi connectivity index (χ3n) is 10.1. The second-order valence-corrected chi connectivity index (χ2v) is 11.3. The van der Waals surface area contributed by atoms with Gasteiger partial charge in [-0.15, -0.1) is 6.42 Å². The first kappa shape index (κ1) is 23.4. The van der Waals surface area contributed by atoms with E-state index in [0.717, 1.165) is 51.4 Å². The summed E-state index contributed by atoms with van der Waals surface area (Å²) in [7, 11) is 0. The fraction of sp³-hybridized carbons (Fsp3) is 0.613. The van der Waals surface area contributed by atoms with Crippen LogP contribution in [0.2, 0.25) is 0 Å². The first-order valence-corrected chi connectivity index (χ1v) is 13.4. The van der Waals surface area contributed by atoms with Crippen LogP contribution in [0.15, 0.2) is 35.9 Å². The van der Waals surface area contributed by atoms with E-state index >= 15 is 0 Å². The van der Waals surface area contributed by atoms with Crippen LogP contribution in [0.5, 0.6) is 0 Å². The van der Waals surface area contributed by atoms with Crippen molar-refractivity contribution in [1.82, 2.24) is 0 Å². The fourth-order valence-corrected chi connectivity index (χ4v) is 8.49. The van der Waals surface area contributed by atoms with Gasteiger partial charge < -0.3 is 4.74 Å². The summed E-state index contributed by atoms with van der Waals surface area (Å²) in [4.78, 5) is 25.1. The maximum absolute atomic E-state index is 13.1. The van der Waals surface area contributed by atoms with Crippen LogP contribution in [0.3, 0.4) is 0 Å². The average Bonchev–Trinajstić information content (AvgIpc) is 3.18. The monoisotopic (exact) mass is 458 g/mol. The second-order valence-electron chi connectivity index (χ2n) is 11.3. The van der Waals surface area contributed by atoms with Gasteiger partial charge >= 0.3 is 5.97 Å². The molecule has 3 saturated carbocycles. The van der Waals surface area contributed by atoms with Gasteiger partial charge in [-0.25, -0.2) is 0 Å². The number of benzene rings is 1. The molecule has 3 heteroatoms. The number of esters is 1. The summed E-state index contributed by atoms with van der Waals surface area (Å²) in [5.74, 6) is 5.59. The summed E-state index contributed by atoms with van der Waals surface area (Å²) >= 11 is 0. The Morgan fingerprint density at radius 2 is 1.94 bits per heavy atom. The molecule has 0 saturated heterocycles. The zero-order valence-corrected chi connectivity index (χ0v) is 20.8. The van der Waals surface area contributed by atoms with Gasteiger partial charge in [-0.3, -0.25) is 9.59 Å². The van der Waals surface area contributed by atoms with Crippen molar-refractivity contribution >= 4 is 11.8 Å². The number of carbonyl (C=O) groups is 2. The fourth-order valence-electron chi connectivity index (χ4n) is 8.49. The molecule has 1 aromatic rings. The molecule has 5 rings (SSSR count). The number of ketones is 1. The van der Waals surface area contributed by atoms with Crippen LogP contribution in [-0.4, -0.2) is 17.4 Å². The molecule has 0 radical (unpaired) electrons. The van der Waals surface area contributed by atoms with E-state index in [1.165, 1.54) is 16.7 Å². The van der Waals surface area contributed by atoms with Crippen molar-refractivity contribution in [3.8, 4) is 12.3 Å². The van der Waals surface area contributed by atoms with E-state index in [1.807, 2.05) is 18.2 Å². The van der Waals surface area contributed by atoms with Crippen LogP contribution in [0.25, 0.3) is 0 Å². The molecule has 0 spiro atoms.